The Labute approximate surface area is 111 Å². The van der Waals surface area contributed by atoms with Crippen LogP contribution in [0.3, 0.4) is 0 Å². The Hall–Kier alpha value is -1.03. The Balaban J connectivity index is 1.80. The number of fused-ring (bicyclic) bond motifs is 1. The van der Waals surface area contributed by atoms with Gasteiger partial charge in [0.25, 0.3) is 0 Å². The topological polar surface area (TPSA) is 27.1 Å². The first-order valence-electron chi connectivity index (χ1n) is 6.36. The van der Waals surface area contributed by atoms with Gasteiger partial charge >= 0.3 is 0 Å². The van der Waals surface area contributed by atoms with Crippen molar-refractivity contribution in [1.29, 1.82) is 5.41 Å². The maximum Gasteiger partial charge on any atom is 0.129 e. The Kier molecular flexibility index (Phi) is 3.06. The highest BCUT2D eigenvalue weighted by Crippen LogP contribution is 2.35. The van der Waals surface area contributed by atoms with Gasteiger partial charge in [0.15, 0.2) is 0 Å². The van der Waals surface area contributed by atoms with Crippen molar-refractivity contribution in [3.05, 3.63) is 35.1 Å². The number of nitrogens with one attached hydrogen (secondary N) is 1. The standard InChI is InChI=1S/C14H17FN2S/c1-18-12-5-4-11(7-12)17-8-9-2-3-10(15)6-13(9)14(17)16/h2-3,6,11-12,16H,4-5,7-8H2,1H3. The molecule has 1 aromatic carbocycles. The number of amidine groups is 1. The summed E-state index contributed by atoms with van der Waals surface area (Å²) in [4.78, 5) is 2.15. The third-order valence-electron chi connectivity index (χ3n) is 4.09. The lowest BCUT2D eigenvalue weighted by molar-refractivity contribution is 0.319. The van der Waals surface area contributed by atoms with Gasteiger partial charge < -0.3 is 4.90 Å². The molecular weight excluding hydrogens is 247 g/mol. The molecule has 2 unspecified atom stereocenters. The van der Waals surface area contributed by atoms with E-state index < -0.39 is 0 Å². The van der Waals surface area contributed by atoms with E-state index in [9.17, 15) is 4.39 Å². The first-order chi connectivity index (χ1) is 8.69. The zero-order valence-corrected chi connectivity index (χ0v) is 11.3. The molecule has 1 aliphatic heterocycles. The maximum atomic E-state index is 13.2. The number of hydrogen-bond acceptors (Lipinski definition) is 2. The fourth-order valence-corrected chi connectivity index (χ4v) is 3.84. The molecule has 2 aliphatic rings. The molecule has 0 radical (unpaired) electrons. The second-order valence-electron chi connectivity index (χ2n) is 5.10. The van der Waals surface area contributed by atoms with Crippen molar-refractivity contribution in [1.82, 2.24) is 4.90 Å². The number of thioether (sulfide) groups is 1. The SMILES string of the molecule is CSC1CCC(N2Cc3ccc(F)cc3C2=N)C1. The summed E-state index contributed by atoms with van der Waals surface area (Å²) in [5.74, 6) is 0.269. The summed E-state index contributed by atoms with van der Waals surface area (Å²) in [6.45, 7) is 0.778. The van der Waals surface area contributed by atoms with E-state index in [0.717, 1.165) is 35.8 Å². The van der Waals surface area contributed by atoms with Crippen LogP contribution in [0.25, 0.3) is 0 Å². The first-order valence-corrected chi connectivity index (χ1v) is 7.64. The van der Waals surface area contributed by atoms with Crippen LogP contribution in [0.2, 0.25) is 0 Å². The highest BCUT2D eigenvalue weighted by molar-refractivity contribution is 7.99. The van der Waals surface area contributed by atoms with E-state index in [1.54, 1.807) is 0 Å². The molecule has 96 valence electrons. The predicted octanol–water partition coefficient (Wildman–Crippen LogP) is 3.25. The van der Waals surface area contributed by atoms with Crippen molar-refractivity contribution in [2.45, 2.75) is 37.1 Å². The number of benzene rings is 1. The van der Waals surface area contributed by atoms with Gasteiger partial charge in [-0.1, -0.05) is 6.07 Å². The van der Waals surface area contributed by atoms with Crippen LogP contribution in [-0.2, 0) is 6.54 Å². The largest absolute Gasteiger partial charge is 0.349 e. The first kappa shape index (κ1) is 12.0. The Morgan fingerprint density at radius 1 is 1.39 bits per heavy atom. The third kappa shape index (κ3) is 1.92. The molecule has 0 aromatic heterocycles. The van der Waals surface area contributed by atoms with Crippen molar-refractivity contribution in [2.24, 2.45) is 0 Å². The van der Waals surface area contributed by atoms with Gasteiger partial charge in [0.2, 0.25) is 0 Å². The summed E-state index contributed by atoms with van der Waals surface area (Å²) in [7, 11) is 0. The molecule has 2 nitrogen and oxygen atoms in total. The summed E-state index contributed by atoms with van der Waals surface area (Å²) in [6, 6.07) is 5.28. The van der Waals surface area contributed by atoms with E-state index in [1.807, 2.05) is 17.8 Å². The van der Waals surface area contributed by atoms with Crippen molar-refractivity contribution >= 4 is 17.6 Å². The van der Waals surface area contributed by atoms with Gasteiger partial charge in [0, 0.05) is 23.4 Å². The molecular formula is C14H17FN2S. The van der Waals surface area contributed by atoms with Gasteiger partial charge in [-0.3, -0.25) is 5.41 Å². The van der Waals surface area contributed by atoms with Gasteiger partial charge in [0.1, 0.15) is 11.7 Å². The minimum absolute atomic E-state index is 0.242. The lowest BCUT2D eigenvalue weighted by Crippen LogP contribution is -2.33. The molecule has 2 atom stereocenters. The zero-order valence-electron chi connectivity index (χ0n) is 10.4. The van der Waals surface area contributed by atoms with Crippen LogP contribution in [0.1, 0.15) is 30.4 Å². The Bertz CT molecular complexity index is 489. The van der Waals surface area contributed by atoms with Crippen LogP contribution in [0, 0.1) is 11.2 Å². The van der Waals surface area contributed by atoms with Crippen LogP contribution >= 0.6 is 11.8 Å². The van der Waals surface area contributed by atoms with Crippen molar-refractivity contribution < 1.29 is 4.39 Å². The summed E-state index contributed by atoms with van der Waals surface area (Å²) in [6.07, 6.45) is 5.71. The van der Waals surface area contributed by atoms with E-state index in [4.69, 9.17) is 5.41 Å². The molecule has 1 aromatic rings. The molecule has 1 saturated carbocycles. The summed E-state index contributed by atoms with van der Waals surface area (Å²) >= 11 is 1.93. The molecule has 0 spiro atoms. The Morgan fingerprint density at radius 2 is 2.22 bits per heavy atom. The number of nitrogens with zero attached hydrogens (tertiary/aromatic N) is 1. The van der Waals surface area contributed by atoms with E-state index in [1.165, 1.54) is 18.6 Å². The zero-order chi connectivity index (χ0) is 12.7. The highest BCUT2D eigenvalue weighted by Gasteiger charge is 2.34. The molecule has 0 saturated heterocycles. The van der Waals surface area contributed by atoms with E-state index in [2.05, 4.69) is 11.2 Å². The monoisotopic (exact) mass is 264 g/mol. The van der Waals surface area contributed by atoms with Gasteiger partial charge in [-0.15, -0.1) is 0 Å². The van der Waals surface area contributed by atoms with E-state index >= 15 is 0 Å². The molecule has 18 heavy (non-hydrogen) atoms. The number of rotatable bonds is 2. The molecule has 3 rings (SSSR count). The second-order valence-corrected chi connectivity index (χ2v) is 6.24. The van der Waals surface area contributed by atoms with Crippen LogP contribution in [0.15, 0.2) is 18.2 Å². The third-order valence-corrected chi connectivity index (χ3v) is 5.18. The highest BCUT2D eigenvalue weighted by atomic mass is 32.2. The molecule has 0 bridgehead atoms. The van der Waals surface area contributed by atoms with Gasteiger partial charge in [-0.05, 0) is 43.2 Å². The normalized spacial score (nSPS) is 26.8. The molecule has 1 heterocycles. The summed E-state index contributed by atoms with van der Waals surface area (Å²) in [5.41, 5.74) is 1.87. The van der Waals surface area contributed by atoms with Gasteiger partial charge in [0.05, 0.1) is 0 Å². The second kappa shape index (κ2) is 4.57. The van der Waals surface area contributed by atoms with E-state index in [-0.39, 0.29) is 5.82 Å². The lowest BCUT2D eigenvalue weighted by Gasteiger charge is -2.25. The van der Waals surface area contributed by atoms with Gasteiger partial charge in [-0.25, -0.2) is 4.39 Å². The quantitative estimate of drug-likeness (QED) is 0.887. The minimum Gasteiger partial charge on any atom is -0.349 e. The fraction of sp³-hybridized carbons (Fsp3) is 0.500. The molecule has 1 aliphatic carbocycles. The van der Waals surface area contributed by atoms with Crippen LogP contribution in [0.4, 0.5) is 4.39 Å². The van der Waals surface area contributed by atoms with Crippen LogP contribution in [0.5, 0.6) is 0 Å². The summed E-state index contributed by atoms with van der Waals surface area (Å²) in [5, 5.41) is 8.95. The van der Waals surface area contributed by atoms with Crippen molar-refractivity contribution in [2.75, 3.05) is 6.26 Å². The summed E-state index contributed by atoms with van der Waals surface area (Å²) < 4.78 is 13.2. The number of halogens is 1. The smallest absolute Gasteiger partial charge is 0.129 e. The fourth-order valence-electron chi connectivity index (χ4n) is 3.05. The average Bonchev–Trinajstić information content (AvgIpc) is 2.95. The molecule has 1 N–H and O–H groups in total. The van der Waals surface area contributed by atoms with Crippen LogP contribution in [-0.4, -0.2) is 28.3 Å². The molecule has 1 fully saturated rings. The minimum atomic E-state index is -0.242. The average molecular weight is 264 g/mol. The lowest BCUT2D eigenvalue weighted by atomic mass is 10.1. The molecule has 0 amide bonds. The van der Waals surface area contributed by atoms with Crippen molar-refractivity contribution in [3.63, 3.8) is 0 Å². The molecule has 4 heteroatoms. The Morgan fingerprint density at radius 3 is 2.94 bits per heavy atom. The van der Waals surface area contributed by atoms with E-state index in [0.29, 0.717) is 11.9 Å². The van der Waals surface area contributed by atoms with Crippen LogP contribution < -0.4 is 0 Å². The van der Waals surface area contributed by atoms with Crippen molar-refractivity contribution in [3.8, 4) is 0 Å². The predicted molar refractivity (Wildman–Crippen MR) is 73.7 cm³/mol. The number of hydrogen-bond donors (Lipinski definition) is 1. The maximum absolute atomic E-state index is 13.2. The van der Waals surface area contributed by atoms with Gasteiger partial charge in [-0.2, -0.15) is 11.8 Å².